The lowest BCUT2D eigenvalue weighted by Gasteiger charge is -2.19. The van der Waals surface area contributed by atoms with Crippen LogP contribution in [0.15, 0.2) is 36.4 Å². The van der Waals surface area contributed by atoms with Gasteiger partial charge in [0.1, 0.15) is 5.69 Å². The van der Waals surface area contributed by atoms with Crippen LogP contribution in [0.1, 0.15) is 46.2 Å². The molecule has 2 aromatic heterocycles. The Labute approximate surface area is 158 Å². The van der Waals surface area contributed by atoms with Gasteiger partial charge in [-0.2, -0.15) is 10.2 Å². The Bertz CT molecular complexity index is 983. The molecule has 6 heteroatoms. The first-order chi connectivity index (χ1) is 13.2. The molecule has 1 saturated carbocycles. The molecule has 0 spiro atoms. The lowest BCUT2D eigenvalue weighted by Crippen LogP contribution is -2.33. The van der Waals surface area contributed by atoms with Crippen molar-refractivity contribution in [3.63, 3.8) is 0 Å². The number of hydrogen-bond acceptors (Lipinski definition) is 3. The Morgan fingerprint density at radius 1 is 1.15 bits per heavy atom. The number of H-pyrrole nitrogens is 1. The first-order valence-corrected chi connectivity index (χ1v) is 9.65. The zero-order chi connectivity index (χ0) is 18.4. The number of carbonyl (C=O) groups excluding carboxylic acids is 1. The molecule has 1 N–H and O–H groups in total. The van der Waals surface area contributed by atoms with Crippen molar-refractivity contribution in [3.05, 3.63) is 59.0 Å². The number of aromatic nitrogens is 4. The van der Waals surface area contributed by atoms with E-state index in [1.54, 1.807) is 0 Å². The molecule has 0 bridgehead atoms. The van der Waals surface area contributed by atoms with Crippen molar-refractivity contribution in [2.24, 2.45) is 7.05 Å². The zero-order valence-electron chi connectivity index (χ0n) is 15.5. The molecule has 2 aliphatic rings. The van der Waals surface area contributed by atoms with Crippen molar-refractivity contribution in [2.45, 2.75) is 31.6 Å². The van der Waals surface area contributed by atoms with E-state index in [0.29, 0.717) is 24.7 Å². The van der Waals surface area contributed by atoms with Gasteiger partial charge in [-0.05, 0) is 25.3 Å². The summed E-state index contributed by atoms with van der Waals surface area (Å²) in [6.07, 6.45) is 3.99. The molecule has 1 aliphatic carbocycles. The molecular formula is C21H23N5O. The number of hydrogen-bond donors (Lipinski definition) is 1. The summed E-state index contributed by atoms with van der Waals surface area (Å²) in [6, 6.07) is 12.3. The third-order valence-electron chi connectivity index (χ3n) is 5.65. The molecule has 1 aliphatic heterocycles. The van der Waals surface area contributed by atoms with E-state index in [-0.39, 0.29) is 5.91 Å². The number of nitrogens with zero attached hydrogens (tertiary/aromatic N) is 4. The Hall–Kier alpha value is -2.89. The van der Waals surface area contributed by atoms with Crippen molar-refractivity contribution in [1.29, 1.82) is 0 Å². The summed E-state index contributed by atoms with van der Waals surface area (Å²) in [5.74, 6) is 0.597. The van der Waals surface area contributed by atoms with Crippen LogP contribution in [0.3, 0.4) is 0 Å². The van der Waals surface area contributed by atoms with Crippen LogP contribution in [-0.4, -0.2) is 43.9 Å². The fraction of sp³-hybridized carbons (Fsp3) is 0.381. The smallest absolute Gasteiger partial charge is 0.274 e. The number of amides is 1. The van der Waals surface area contributed by atoms with E-state index in [2.05, 4.69) is 34.5 Å². The van der Waals surface area contributed by atoms with Gasteiger partial charge in [-0.15, -0.1) is 0 Å². The number of aryl methyl sites for hydroxylation is 1. The average Bonchev–Trinajstić information content (AvgIpc) is 3.38. The molecule has 3 heterocycles. The summed E-state index contributed by atoms with van der Waals surface area (Å²) in [4.78, 5) is 14.8. The molecule has 1 amide bonds. The molecule has 138 valence electrons. The molecule has 6 nitrogen and oxygen atoms in total. The third kappa shape index (κ3) is 2.95. The molecule has 0 radical (unpaired) electrons. The van der Waals surface area contributed by atoms with Crippen LogP contribution in [0, 0.1) is 0 Å². The van der Waals surface area contributed by atoms with Crippen molar-refractivity contribution in [3.8, 4) is 11.3 Å². The van der Waals surface area contributed by atoms with Gasteiger partial charge in [0.2, 0.25) is 0 Å². The quantitative estimate of drug-likeness (QED) is 0.780. The predicted octanol–water partition coefficient (Wildman–Crippen LogP) is 2.93. The van der Waals surface area contributed by atoms with Crippen LogP contribution >= 0.6 is 0 Å². The molecule has 1 aromatic carbocycles. The van der Waals surface area contributed by atoms with E-state index < -0.39 is 0 Å². The SMILES string of the molecule is Cn1nc2c(c1-c1ccccc1)CCN(C(=O)c1cc(C3CC3)[nH]n1)CC2. The average molecular weight is 361 g/mol. The fourth-order valence-corrected chi connectivity index (χ4v) is 4.06. The number of aromatic amines is 1. The second-order valence-corrected chi connectivity index (χ2v) is 7.54. The highest BCUT2D eigenvalue weighted by atomic mass is 16.2. The maximum atomic E-state index is 12.9. The number of benzene rings is 1. The largest absolute Gasteiger partial charge is 0.337 e. The fourth-order valence-electron chi connectivity index (χ4n) is 4.06. The van der Waals surface area contributed by atoms with E-state index in [1.165, 1.54) is 24.0 Å². The number of carbonyl (C=O) groups is 1. The molecule has 0 unspecified atom stereocenters. The minimum Gasteiger partial charge on any atom is -0.337 e. The van der Waals surface area contributed by atoms with Crippen LogP contribution in [0.2, 0.25) is 0 Å². The minimum absolute atomic E-state index is 0.0222. The summed E-state index contributed by atoms with van der Waals surface area (Å²) in [7, 11) is 2.00. The highest BCUT2D eigenvalue weighted by Crippen LogP contribution is 2.39. The molecule has 3 aromatic rings. The summed E-state index contributed by atoms with van der Waals surface area (Å²) in [5.41, 5.74) is 6.35. The van der Waals surface area contributed by atoms with Gasteiger partial charge in [0, 0.05) is 49.3 Å². The van der Waals surface area contributed by atoms with Crippen LogP contribution in [0.4, 0.5) is 0 Å². The van der Waals surface area contributed by atoms with Crippen molar-refractivity contribution < 1.29 is 4.79 Å². The molecule has 1 fully saturated rings. The maximum absolute atomic E-state index is 12.9. The van der Waals surface area contributed by atoms with Gasteiger partial charge in [0.25, 0.3) is 5.91 Å². The topological polar surface area (TPSA) is 66.8 Å². The predicted molar refractivity (Wildman–Crippen MR) is 103 cm³/mol. The number of rotatable bonds is 3. The second kappa shape index (κ2) is 6.37. The molecule has 0 saturated heterocycles. The molecular weight excluding hydrogens is 338 g/mol. The highest BCUT2D eigenvalue weighted by Gasteiger charge is 2.29. The van der Waals surface area contributed by atoms with Gasteiger partial charge in [-0.1, -0.05) is 30.3 Å². The van der Waals surface area contributed by atoms with E-state index in [4.69, 9.17) is 5.10 Å². The standard InChI is InChI=1S/C21H23N5O/c1-25-20(15-5-3-2-4-6-15)16-9-11-26(12-10-17(16)24-25)21(27)19-13-18(22-23-19)14-7-8-14/h2-6,13-14H,7-12H2,1H3,(H,22,23). The molecule has 5 rings (SSSR count). The van der Waals surface area contributed by atoms with Crippen LogP contribution < -0.4 is 0 Å². The molecule has 27 heavy (non-hydrogen) atoms. The number of nitrogens with one attached hydrogen (secondary N) is 1. The Morgan fingerprint density at radius 2 is 1.93 bits per heavy atom. The molecule has 0 atom stereocenters. The maximum Gasteiger partial charge on any atom is 0.274 e. The lowest BCUT2D eigenvalue weighted by molar-refractivity contribution is 0.0757. The monoisotopic (exact) mass is 361 g/mol. The van der Waals surface area contributed by atoms with E-state index in [0.717, 1.165) is 29.9 Å². The minimum atomic E-state index is 0.0222. The van der Waals surface area contributed by atoms with Gasteiger partial charge in [-0.25, -0.2) is 0 Å². The van der Waals surface area contributed by atoms with E-state index >= 15 is 0 Å². The van der Waals surface area contributed by atoms with Crippen LogP contribution in [-0.2, 0) is 19.9 Å². The normalized spacial score (nSPS) is 16.9. The van der Waals surface area contributed by atoms with Crippen molar-refractivity contribution in [2.75, 3.05) is 13.1 Å². The first kappa shape index (κ1) is 16.3. The van der Waals surface area contributed by atoms with Crippen LogP contribution in [0.25, 0.3) is 11.3 Å². The first-order valence-electron chi connectivity index (χ1n) is 9.65. The second-order valence-electron chi connectivity index (χ2n) is 7.54. The summed E-state index contributed by atoms with van der Waals surface area (Å²) >= 11 is 0. The Morgan fingerprint density at radius 3 is 2.70 bits per heavy atom. The van der Waals surface area contributed by atoms with Gasteiger partial charge >= 0.3 is 0 Å². The van der Waals surface area contributed by atoms with E-state index in [9.17, 15) is 4.79 Å². The van der Waals surface area contributed by atoms with Crippen LogP contribution in [0.5, 0.6) is 0 Å². The van der Waals surface area contributed by atoms with Gasteiger partial charge in [-0.3, -0.25) is 14.6 Å². The summed E-state index contributed by atoms with van der Waals surface area (Å²) in [5, 5.41) is 12.1. The van der Waals surface area contributed by atoms with Crippen molar-refractivity contribution in [1.82, 2.24) is 24.9 Å². The van der Waals surface area contributed by atoms with Crippen molar-refractivity contribution >= 4 is 5.91 Å². The van der Waals surface area contributed by atoms with Gasteiger partial charge in [0.15, 0.2) is 0 Å². The van der Waals surface area contributed by atoms with Gasteiger partial charge < -0.3 is 4.90 Å². The Balaban J connectivity index is 1.38. The summed E-state index contributed by atoms with van der Waals surface area (Å²) in [6.45, 7) is 1.38. The van der Waals surface area contributed by atoms with Gasteiger partial charge in [0.05, 0.1) is 11.4 Å². The Kier molecular flexibility index (Phi) is 3.85. The number of fused-ring (bicyclic) bond motifs is 1. The zero-order valence-corrected chi connectivity index (χ0v) is 15.5. The summed E-state index contributed by atoms with van der Waals surface area (Å²) < 4.78 is 1.98. The third-order valence-corrected chi connectivity index (χ3v) is 5.65. The van der Waals surface area contributed by atoms with E-state index in [1.807, 2.05) is 28.8 Å². The lowest BCUT2D eigenvalue weighted by atomic mass is 10.0. The highest BCUT2D eigenvalue weighted by molar-refractivity contribution is 5.92.